The number of carboxylic acids is 1. The number of aryl methyl sites for hydroxylation is 1. The maximum absolute atomic E-state index is 10.1. The van der Waals surface area contributed by atoms with Crippen LogP contribution in [-0.4, -0.2) is 46.8 Å². The molecule has 0 spiro atoms. The number of rotatable bonds is 6. The molecule has 3 N–H and O–H groups in total. The van der Waals surface area contributed by atoms with Crippen molar-refractivity contribution in [1.82, 2.24) is 20.2 Å². The number of aromatic carboxylic acids is 1. The van der Waals surface area contributed by atoms with E-state index in [0.717, 1.165) is 35.7 Å². The maximum Gasteiger partial charge on any atom is 0.356 e. The van der Waals surface area contributed by atoms with Crippen LogP contribution >= 0.6 is 11.6 Å². The molecule has 0 amide bonds. The summed E-state index contributed by atoms with van der Waals surface area (Å²) in [6.45, 7) is 4.76. The molecule has 1 aromatic carbocycles. The number of piperidine rings is 1. The van der Waals surface area contributed by atoms with Gasteiger partial charge in [0.1, 0.15) is 0 Å². The Kier molecular flexibility index (Phi) is 6.29. The number of aromatic nitrogens is 2. The van der Waals surface area contributed by atoms with Gasteiger partial charge in [-0.1, -0.05) is 23.7 Å². The number of nitrogens with zero attached hydrogens (tertiary/aromatic N) is 2. The minimum atomic E-state index is -0.990. The lowest BCUT2D eigenvalue weighted by atomic mass is 10.1. The highest BCUT2D eigenvalue weighted by atomic mass is 35.5. The first-order valence-corrected chi connectivity index (χ1v) is 9.29. The van der Waals surface area contributed by atoms with E-state index in [-0.39, 0.29) is 5.69 Å². The van der Waals surface area contributed by atoms with Crippen LogP contribution in [0.2, 0.25) is 5.02 Å². The molecule has 7 heteroatoms. The second-order valence-electron chi connectivity index (χ2n) is 6.96. The summed E-state index contributed by atoms with van der Waals surface area (Å²) >= 11 is 5.86. The van der Waals surface area contributed by atoms with Gasteiger partial charge in [0.2, 0.25) is 0 Å². The van der Waals surface area contributed by atoms with Crippen molar-refractivity contribution in [3.63, 3.8) is 0 Å². The van der Waals surface area contributed by atoms with Gasteiger partial charge in [0, 0.05) is 18.3 Å². The molecule has 1 aromatic heterocycles. The van der Waals surface area contributed by atoms with E-state index in [1.54, 1.807) is 11.6 Å². The highest BCUT2D eigenvalue weighted by Crippen LogP contribution is 2.47. The molecule has 2 unspecified atom stereocenters. The van der Waals surface area contributed by atoms with E-state index in [2.05, 4.69) is 27.8 Å². The Hall–Kier alpha value is -1.89. The zero-order valence-electron chi connectivity index (χ0n) is 14.9. The van der Waals surface area contributed by atoms with Crippen molar-refractivity contribution in [2.45, 2.75) is 6.42 Å². The summed E-state index contributed by atoms with van der Waals surface area (Å²) < 4.78 is 1.59. The second-order valence-corrected chi connectivity index (χ2v) is 7.40. The summed E-state index contributed by atoms with van der Waals surface area (Å²) in [7, 11) is 1.72. The zero-order chi connectivity index (χ0) is 18.5. The Morgan fingerprint density at radius 1 is 1.35 bits per heavy atom. The van der Waals surface area contributed by atoms with Crippen LogP contribution in [0.5, 0.6) is 0 Å². The van der Waals surface area contributed by atoms with Crippen molar-refractivity contribution in [2.75, 3.05) is 26.2 Å². The molecule has 2 atom stereocenters. The van der Waals surface area contributed by atoms with Gasteiger partial charge in [-0.05, 0) is 68.0 Å². The van der Waals surface area contributed by atoms with Crippen LogP contribution in [0.25, 0.3) is 0 Å². The molecule has 2 aliphatic rings. The van der Waals surface area contributed by atoms with Gasteiger partial charge in [0.05, 0.1) is 6.33 Å². The maximum atomic E-state index is 10.1. The fraction of sp³-hybridized carbons (Fsp3) is 0.474. The molecule has 1 saturated heterocycles. The average Bonchev–Trinajstić information content (AvgIpc) is 2.98. The number of hydrogen-bond donors (Lipinski definition) is 3. The van der Waals surface area contributed by atoms with E-state index in [0.29, 0.717) is 0 Å². The molecule has 4 rings (SSSR count). The third kappa shape index (κ3) is 5.06. The standard InChI is InChI=1S/C14H19ClN2.C5H6N2O2/c15-11-3-1-10(2-4-11)5-6-16-7-12-13-8-17-9-14(12)13;1-7-2-4(5(8)9)6-3-7/h1-4,12-14,16-17H,5-9H2;2-3H,1H3,(H,8,9). The van der Waals surface area contributed by atoms with Gasteiger partial charge in [-0.3, -0.25) is 0 Å². The lowest BCUT2D eigenvalue weighted by Crippen LogP contribution is -2.24. The van der Waals surface area contributed by atoms with Crippen LogP contribution in [0.4, 0.5) is 0 Å². The van der Waals surface area contributed by atoms with Gasteiger partial charge >= 0.3 is 5.97 Å². The molecule has 1 aliphatic heterocycles. The minimum absolute atomic E-state index is 0.0810. The summed E-state index contributed by atoms with van der Waals surface area (Å²) in [5, 5.41) is 16.2. The number of nitrogens with one attached hydrogen (secondary N) is 2. The van der Waals surface area contributed by atoms with Crippen molar-refractivity contribution in [1.29, 1.82) is 0 Å². The molecule has 0 radical (unpaired) electrons. The third-order valence-electron chi connectivity index (χ3n) is 5.08. The number of benzene rings is 1. The van der Waals surface area contributed by atoms with Gasteiger partial charge in [-0.15, -0.1) is 0 Å². The lowest BCUT2D eigenvalue weighted by Gasteiger charge is -2.07. The number of carbonyl (C=O) groups is 1. The largest absolute Gasteiger partial charge is 0.476 e. The van der Waals surface area contributed by atoms with Crippen molar-refractivity contribution >= 4 is 17.6 Å². The van der Waals surface area contributed by atoms with Gasteiger partial charge in [0.15, 0.2) is 5.69 Å². The smallest absolute Gasteiger partial charge is 0.356 e. The summed E-state index contributed by atoms with van der Waals surface area (Å²) in [6, 6.07) is 8.15. The van der Waals surface area contributed by atoms with Crippen LogP contribution in [0, 0.1) is 17.8 Å². The average molecular weight is 377 g/mol. The van der Waals surface area contributed by atoms with E-state index in [1.807, 2.05) is 12.1 Å². The van der Waals surface area contributed by atoms with E-state index >= 15 is 0 Å². The molecule has 26 heavy (non-hydrogen) atoms. The molecule has 2 fully saturated rings. The van der Waals surface area contributed by atoms with Gasteiger partial charge in [0.25, 0.3) is 0 Å². The highest BCUT2D eigenvalue weighted by Gasteiger charge is 2.51. The first-order chi connectivity index (χ1) is 12.5. The Labute approximate surface area is 158 Å². The Morgan fingerprint density at radius 3 is 2.58 bits per heavy atom. The molecule has 6 nitrogen and oxygen atoms in total. The Morgan fingerprint density at radius 2 is 2.04 bits per heavy atom. The predicted octanol–water partition coefficient (Wildman–Crippen LogP) is 2.06. The SMILES string of the molecule is Clc1ccc(CCNCC2C3CNCC23)cc1.Cn1cnc(C(=O)O)c1. The van der Waals surface area contributed by atoms with Crippen LogP contribution in [0.3, 0.4) is 0 Å². The summed E-state index contributed by atoms with van der Waals surface area (Å²) in [4.78, 5) is 13.7. The van der Waals surface area contributed by atoms with E-state index in [9.17, 15) is 4.79 Å². The highest BCUT2D eigenvalue weighted by molar-refractivity contribution is 6.30. The molecular weight excluding hydrogens is 352 g/mol. The van der Waals surface area contributed by atoms with Gasteiger partial charge < -0.3 is 20.3 Å². The van der Waals surface area contributed by atoms with Gasteiger partial charge in [-0.25, -0.2) is 9.78 Å². The normalized spacial score (nSPS) is 23.1. The topological polar surface area (TPSA) is 79.2 Å². The second kappa shape index (κ2) is 8.66. The van der Waals surface area contributed by atoms with Gasteiger partial charge in [-0.2, -0.15) is 0 Å². The molecule has 1 saturated carbocycles. The van der Waals surface area contributed by atoms with Crippen molar-refractivity contribution in [2.24, 2.45) is 24.8 Å². The molecule has 140 valence electrons. The summed E-state index contributed by atoms with van der Waals surface area (Å²) in [5.74, 6) is 1.90. The van der Waals surface area contributed by atoms with Crippen molar-refractivity contribution < 1.29 is 9.90 Å². The number of fused-ring (bicyclic) bond motifs is 1. The third-order valence-corrected chi connectivity index (χ3v) is 5.33. The van der Waals surface area contributed by atoms with E-state index < -0.39 is 5.97 Å². The van der Waals surface area contributed by atoms with Crippen molar-refractivity contribution in [3.8, 4) is 0 Å². The predicted molar refractivity (Wildman–Crippen MR) is 102 cm³/mol. The summed E-state index contributed by atoms with van der Waals surface area (Å²) in [6.07, 6.45) is 3.99. The Bertz CT molecular complexity index is 721. The molecule has 2 heterocycles. The quantitative estimate of drug-likeness (QED) is 0.672. The minimum Gasteiger partial charge on any atom is -0.476 e. The van der Waals surface area contributed by atoms with Crippen molar-refractivity contribution in [3.05, 3.63) is 53.1 Å². The Balaban J connectivity index is 0.000000185. The molecule has 1 aliphatic carbocycles. The monoisotopic (exact) mass is 376 g/mol. The van der Waals surface area contributed by atoms with E-state index in [1.165, 1.54) is 37.7 Å². The first kappa shape index (κ1) is 18.9. The summed E-state index contributed by atoms with van der Waals surface area (Å²) in [5.41, 5.74) is 1.44. The van der Waals surface area contributed by atoms with E-state index in [4.69, 9.17) is 16.7 Å². The number of carboxylic acid groups (broad SMARTS) is 1. The number of hydrogen-bond acceptors (Lipinski definition) is 4. The van der Waals surface area contributed by atoms with Crippen LogP contribution in [0.15, 0.2) is 36.8 Å². The number of halogens is 1. The molecular formula is C19H25ClN4O2. The first-order valence-electron chi connectivity index (χ1n) is 8.91. The van der Waals surface area contributed by atoms with Crippen LogP contribution < -0.4 is 10.6 Å². The molecule has 0 bridgehead atoms. The zero-order valence-corrected chi connectivity index (χ0v) is 15.6. The lowest BCUT2D eigenvalue weighted by molar-refractivity contribution is 0.0691. The fourth-order valence-corrected chi connectivity index (χ4v) is 3.65. The van der Waals surface area contributed by atoms with Crippen LogP contribution in [0.1, 0.15) is 16.1 Å². The molecule has 2 aromatic rings. The number of imidazole rings is 1. The fourth-order valence-electron chi connectivity index (χ4n) is 3.53. The van der Waals surface area contributed by atoms with Crippen LogP contribution in [-0.2, 0) is 13.5 Å².